The molecule has 0 aliphatic heterocycles. The smallest absolute Gasteiger partial charge is 0.183 e. The van der Waals surface area contributed by atoms with Crippen LogP contribution >= 0.6 is 23.2 Å². The highest BCUT2D eigenvalue weighted by Gasteiger charge is 2.15. The van der Waals surface area contributed by atoms with E-state index in [9.17, 15) is 0 Å². The van der Waals surface area contributed by atoms with Gasteiger partial charge >= 0.3 is 0 Å². The minimum Gasteiger partial charge on any atom is -0.497 e. The Bertz CT molecular complexity index is 2770. The summed E-state index contributed by atoms with van der Waals surface area (Å²) in [6.07, 6.45) is 5.87. The number of nitrogens with one attached hydrogen (secondary N) is 1. The van der Waals surface area contributed by atoms with Gasteiger partial charge in [0.05, 0.1) is 40.7 Å². The highest BCUT2D eigenvalue weighted by atomic mass is 35.5. The van der Waals surface area contributed by atoms with E-state index in [2.05, 4.69) is 55.8 Å². The SMILES string of the molecule is COc1ccc(CNc2ncnc(Cl)c2N)cc1.COc1ccc(Cn2nnc3c(-c4ccco4)ncnc32)cc1.COc1ccc(Cn2nnc3c(Cl)ncnc32)cc1. The van der Waals surface area contributed by atoms with Gasteiger partial charge in [0.2, 0.25) is 0 Å². The van der Waals surface area contributed by atoms with Gasteiger partial charge in [0.25, 0.3) is 0 Å². The Morgan fingerprint density at radius 1 is 0.600 bits per heavy atom. The summed E-state index contributed by atoms with van der Waals surface area (Å²) in [6, 6.07) is 26.9. The van der Waals surface area contributed by atoms with Crippen LogP contribution in [-0.2, 0) is 19.6 Å². The lowest BCUT2D eigenvalue weighted by atomic mass is 10.2. The number of anilines is 2. The Balaban J connectivity index is 0.000000138. The lowest BCUT2D eigenvalue weighted by molar-refractivity contribution is 0.414. The number of fused-ring (bicyclic) bond motifs is 2. The van der Waals surface area contributed by atoms with E-state index in [0.717, 1.165) is 33.9 Å². The monoisotopic (exact) mass is 846 g/mol. The number of hydrogen-bond donors (Lipinski definition) is 2. The van der Waals surface area contributed by atoms with Crippen LogP contribution in [-0.4, -0.2) is 81.2 Å². The predicted octanol–water partition coefficient (Wildman–Crippen LogP) is 6.80. The fourth-order valence-electron chi connectivity index (χ4n) is 5.61. The van der Waals surface area contributed by atoms with Gasteiger partial charge in [0, 0.05) is 6.54 Å². The van der Waals surface area contributed by atoms with Crippen molar-refractivity contribution in [3.63, 3.8) is 0 Å². The lowest BCUT2D eigenvalue weighted by Gasteiger charge is -2.09. The largest absolute Gasteiger partial charge is 0.497 e. The molecule has 3 aromatic carbocycles. The number of hydrogen-bond acceptors (Lipinski definition) is 16. The summed E-state index contributed by atoms with van der Waals surface area (Å²) >= 11 is 11.7. The minimum atomic E-state index is 0.252. The number of halogens is 2. The molecule has 0 atom stereocenters. The van der Waals surface area contributed by atoms with Crippen molar-refractivity contribution in [2.75, 3.05) is 32.4 Å². The maximum atomic E-state index is 5.93. The molecule has 20 heteroatoms. The molecule has 0 amide bonds. The summed E-state index contributed by atoms with van der Waals surface area (Å²) in [4.78, 5) is 24.4. The minimum absolute atomic E-state index is 0.252. The number of nitrogens with zero attached hydrogens (tertiary/aromatic N) is 12. The number of aromatic nitrogens is 12. The predicted molar refractivity (Wildman–Crippen MR) is 225 cm³/mol. The van der Waals surface area contributed by atoms with Gasteiger partial charge < -0.3 is 29.7 Å². The van der Waals surface area contributed by atoms with Crippen molar-refractivity contribution in [3.8, 4) is 28.7 Å². The number of ether oxygens (including phenoxy) is 3. The molecule has 6 aromatic heterocycles. The first-order chi connectivity index (χ1) is 29.3. The van der Waals surface area contributed by atoms with E-state index in [1.165, 1.54) is 19.0 Å². The maximum absolute atomic E-state index is 5.93. The number of furan rings is 1. The quantitative estimate of drug-likeness (QED) is 0.128. The lowest BCUT2D eigenvalue weighted by Crippen LogP contribution is -2.05. The van der Waals surface area contributed by atoms with Crippen LogP contribution in [0.1, 0.15) is 16.7 Å². The van der Waals surface area contributed by atoms with Crippen LogP contribution in [0.2, 0.25) is 10.3 Å². The molecule has 3 N–H and O–H groups in total. The first-order valence-corrected chi connectivity index (χ1v) is 18.8. The van der Waals surface area contributed by atoms with E-state index in [1.807, 2.05) is 84.9 Å². The molecule has 9 rings (SSSR count). The maximum Gasteiger partial charge on any atom is 0.183 e. The molecule has 0 spiro atoms. The second-order valence-corrected chi connectivity index (χ2v) is 13.2. The highest BCUT2D eigenvalue weighted by Crippen LogP contribution is 2.25. The van der Waals surface area contributed by atoms with Crippen molar-refractivity contribution in [2.24, 2.45) is 0 Å². The molecular weight excluding hydrogens is 811 g/mol. The van der Waals surface area contributed by atoms with Crippen LogP contribution in [0.15, 0.2) is 115 Å². The van der Waals surface area contributed by atoms with Crippen LogP contribution < -0.4 is 25.3 Å². The van der Waals surface area contributed by atoms with Crippen molar-refractivity contribution < 1.29 is 18.6 Å². The molecule has 0 saturated carbocycles. The van der Waals surface area contributed by atoms with Crippen LogP contribution in [0.5, 0.6) is 17.2 Å². The molecule has 0 aliphatic rings. The first-order valence-electron chi connectivity index (χ1n) is 18.0. The first kappa shape index (κ1) is 40.7. The molecule has 9 aromatic rings. The summed E-state index contributed by atoms with van der Waals surface area (Å²) in [5.74, 6) is 3.64. The third-order valence-electron chi connectivity index (χ3n) is 8.75. The third kappa shape index (κ3) is 9.80. The number of nitrogen functional groups attached to an aromatic ring is 1. The van der Waals surface area contributed by atoms with Crippen molar-refractivity contribution in [2.45, 2.75) is 19.6 Å². The van der Waals surface area contributed by atoms with Crippen molar-refractivity contribution in [3.05, 3.63) is 137 Å². The normalized spacial score (nSPS) is 10.7. The Morgan fingerprint density at radius 3 is 1.65 bits per heavy atom. The van der Waals surface area contributed by atoms with Gasteiger partial charge in [-0.1, -0.05) is 70.0 Å². The second kappa shape index (κ2) is 19.3. The van der Waals surface area contributed by atoms with Crippen molar-refractivity contribution in [1.29, 1.82) is 0 Å². The van der Waals surface area contributed by atoms with Gasteiger partial charge in [-0.3, -0.25) is 0 Å². The van der Waals surface area contributed by atoms with Gasteiger partial charge in [-0.25, -0.2) is 39.3 Å². The van der Waals surface area contributed by atoms with E-state index in [4.69, 9.17) is 47.6 Å². The van der Waals surface area contributed by atoms with Gasteiger partial charge in [-0.2, -0.15) is 0 Å². The fraction of sp³-hybridized carbons (Fsp3) is 0.150. The molecule has 0 unspecified atom stereocenters. The molecule has 6 heterocycles. The van der Waals surface area contributed by atoms with E-state index in [-0.39, 0.29) is 5.15 Å². The van der Waals surface area contributed by atoms with E-state index in [0.29, 0.717) is 70.1 Å². The molecule has 0 aliphatic carbocycles. The van der Waals surface area contributed by atoms with Crippen LogP contribution in [0.3, 0.4) is 0 Å². The molecule has 304 valence electrons. The number of nitrogens with two attached hydrogens (primary N) is 1. The molecule has 0 bridgehead atoms. The summed E-state index contributed by atoms with van der Waals surface area (Å²) in [5, 5.41) is 20.1. The molecule has 0 fully saturated rings. The molecule has 0 radical (unpaired) electrons. The van der Waals surface area contributed by atoms with Crippen LogP contribution in [0.4, 0.5) is 11.5 Å². The molecule has 0 saturated heterocycles. The van der Waals surface area contributed by atoms with Crippen LogP contribution in [0, 0.1) is 0 Å². The average molecular weight is 848 g/mol. The van der Waals surface area contributed by atoms with E-state index >= 15 is 0 Å². The zero-order chi connectivity index (χ0) is 41.8. The Kier molecular flexibility index (Phi) is 13.1. The number of methoxy groups -OCH3 is 3. The number of rotatable bonds is 11. The fourth-order valence-corrected chi connectivity index (χ4v) is 5.91. The van der Waals surface area contributed by atoms with E-state index < -0.39 is 0 Å². The Labute approximate surface area is 352 Å². The van der Waals surface area contributed by atoms with Gasteiger partial charge in [-0.15, -0.1) is 10.2 Å². The Hall–Kier alpha value is -7.44. The third-order valence-corrected chi connectivity index (χ3v) is 9.33. The van der Waals surface area contributed by atoms with Crippen molar-refractivity contribution >= 4 is 57.0 Å². The average Bonchev–Trinajstić information content (AvgIpc) is 4.07. The van der Waals surface area contributed by atoms with Gasteiger partial charge in [0.15, 0.2) is 44.2 Å². The Morgan fingerprint density at radius 2 is 1.10 bits per heavy atom. The standard InChI is InChI=1S/C16H13N5O2.C12H10ClN5O.C12H13ClN4O/c1-22-12-6-4-11(5-7-12)9-21-16-15(19-20-21)14(17-10-18-16)13-3-2-8-23-13;1-19-9-4-2-8(3-5-9)6-18-12-10(16-17-18)11(13)14-7-15-12;1-18-9-4-2-8(3-5-9)6-15-12-10(14)11(13)16-7-17-12/h2-8,10H,9H2,1H3;2-5,7H,6H2,1H3;2-5,7H,6,14H2,1H3,(H,15,16,17). The summed E-state index contributed by atoms with van der Waals surface area (Å²) in [7, 11) is 4.92. The summed E-state index contributed by atoms with van der Waals surface area (Å²) in [5.41, 5.74) is 12.4. The zero-order valence-corrected chi connectivity index (χ0v) is 33.9. The summed E-state index contributed by atoms with van der Waals surface area (Å²) < 4.78 is 24.2. The van der Waals surface area contributed by atoms with Crippen molar-refractivity contribution in [1.82, 2.24) is 59.9 Å². The van der Waals surface area contributed by atoms with Gasteiger partial charge in [0.1, 0.15) is 47.6 Å². The molecule has 60 heavy (non-hydrogen) atoms. The molecular formula is C40H36Cl2N14O4. The second-order valence-electron chi connectivity index (χ2n) is 12.5. The summed E-state index contributed by atoms with van der Waals surface area (Å²) in [6.45, 7) is 1.73. The van der Waals surface area contributed by atoms with E-state index in [1.54, 1.807) is 37.0 Å². The number of benzene rings is 3. The zero-order valence-electron chi connectivity index (χ0n) is 32.3. The van der Waals surface area contributed by atoms with Gasteiger partial charge in [-0.05, 0) is 65.2 Å². The van der Waals surface area contributed by atoms with Crippen LogP contribution in [0.25, 0.3) is 33.8 Å². The topological polar surface area (TPSA) is 218 Å². The molecule has 18 nitrogen and oxygen atoms in total. The highest BCUT2D eigenvalue weighted by molar-refractivity contribution is 6.33.